The Bertz CT molecular complexity index is 523. The van der Waals surface area contributed by atoms with Crippen LogP contribution in [0.4, 0.5) is 0 Å². The van der Waals surface area contributed by atoms with Crippen molar-refractivity contribution in [2.75, 3.05) is 13.6 Å². The molecule has 0 aliphatic heterocycles. The van der Waals surface area contributed by atoms with Gasteiger partial charge in [0.1, 0.15) is 0 Å². The lowest BCUT2D eigenvalue weighted by atomic mass is 9.88. The van der Waals surface area contributed by atoms with Gasteiger partial charge in [-0.25, -0.2) is 0 Å². The predicted molar refractivity (Wildman–Crippen MR) is 137 cm³/mol. The Labute approximate surface area is 184 Å². The van der Waals surface area contributed by atoms with Gasteiger partial charge in [-0.3, -0.25) is 0 Å². The van der Waals surface area contributed by atoms with E-state index in [0.717, 1.165) is 12.5 Å². The number of benzene rings is 1. The second kappa shape index (κ2) is 19.8. The second-order valence-corrected chi connectivity index (χ2v) is 7.58. The summed E-state index contributed by atoms with van der Waals surface area (Å²) in [6, 6.07) is 6.64. The molecule has 29 heavy (non-hydrogen) atoms. The smallest absolute Gasteiger partial charge is 0.0366 e. The average Bonchev–Trinajstić information content (AvgIpc) is 2.76. The van der Waals surface area contributed by atoms with Crippen LogP contribution in [0.15, 0.2) is 37.4 Å². The van der Waals surface area contributed by atoms with Gasteiger partial charge in [0, 0.05) is 24.9 Å². The molecule has 1 aliphatic carbocycles. The van der Waals surface area contributed by atoms with Gasteiger partial charge < -0.3 is 4.90 Å². The van der Waals surface area contributed by atoms with Crippen LogP contribution >= 0.6 is 0 Å². The van der Waals surface area contributed by atoms with E-state index in [4.69, 9.17) is 0 Å². The minimum absolute atomic E-state index is 0.862. The fourth-order valence-corrected chi connectivity index (χ4v) is 3.56. The van der Waals surface area contributed by atoms with E-state index in [-0.39, 0.29) is 0 Å². The highest BCUT2D eigenvalue weighted by Gasteiger charge is 2.17. The molecule has 1 fully saturated rings. The summed E-state index contributed by atoms with van der Waals surface area (Å²) < 4.78 is 0. The van der Waals surface area contributed by atoms with E-state index in [9.17, 15) is 0 Å². The largest absolute Gasteiger partial charge is 0.374 e. The quantitative estimate of drug-likeness (QED) is 0.325. The first kappa shape index (κ1) is 29.7. The normalized spacial score (nSPS) is 12.8. The van der Waals surface area contributed by atoms with Crippen molar-refractivity contribution >= 4 is 5.70 Å². The van der Waals surface area contributed by atoms with Gasteiger partial charge in [0.2, 0.25) is 0 Å². The molecule has 0 atom stereocenters. The van der Waals surface area contributed by atoms with E-state index in [1.807, 2.05) is 33.8 Å². The van der Waals surface area contributed by atoms with Crippen molar-refractivity contribution in [3.8, 4) is 0 Å². The molecule has 0 saturated heterocycles. The second-order valence-electron chi connectivity index (χ2n) is 7.58. The van der Waals surface area contributed by atoms with Crippen molar-refractivity contribution in [1.29, 1.82) is 0 Å². The van der Waals surface area contributed by atoms with Crippen molar-refractivity contribution in [2.24, 2.45) is 5.92 Å². The summed E-state index contributed by atoms with van der Waals surface area (Å²) in [7, 11) is 2.19. The molecule has 0 aromatic heterocycles. The number of allylic oxidation sites excluding steroid dienone is 1. The molecule has 1 aliphatic rings. The highest BCUT2D eigenvalue weighted by atomic mass is 15.1. The van der Waals surface area contributed by atoms with Gasteiger partial charge in [-0.05, 0) is 44.6 Å². The van der Waals surface area contributed by atoms with Gasteiger partial charge in [0.05, 0.1) is 0 Å². The maximum atomic E-state index is 4.31. The van der Waals surface area contributed by atoms with Crippen molar-refractivity contribution in [1.82, 2.24) is 4.90 Å². The molecule has 0 bridgehead atoms. The Morgan fingerprint density at radius 2 is 1.66 bits per heavy atom. The topological polar surface area (TPSA) is 3.24 Å². The summed E-state index contributed by atoms with van der Waals surface area (Å²) in [6.07, 6.45) is 12.8. The van der Waals surface area contributed by atoms with Gasteiger partial charge in [-0.15, -0.1) is 6.58 Å². The molecule has 1 heteroatoms. The van der Waals surface area contributed by atoms with Crippen LogP contribution in [0.5, 0.6) is 0 Å². The van der Waals surface area contributed by atoms with E-state index in [0.29, 0.717) is 0 Å². The Balaban J connectivity index is 0. The molecule has 0 radical (unpaired) electrons. The number of aryl methyl sites for hydroxylation is 2. The van der Waals surface area contributed by atoms with Crippen molar-refractivity contribution in [3.05, 3.63) is 54.1 Å². The lowest BCUT2D eigenvalue weighted by molar-refractivity contribution is 0.289. The van der Waals surface area contributed by atoms with Crippen LogP contribution in [0, 0.1) is 19.8 Å². The van der Waals surface area contributed by atoms with Gasteiger partial charge in [-0.1, -0.05) is 103 Å². The first-order valence-corrected chi connectivity index (χ1v) is 12.1. The molecule has 0 heterocycles. The molecule has 1 saturated carbocycles. The van der Waals surface area contributed by atoms with Crippen LogP contribution in [0.25, 0.3) is 5.70 Å². The Kier molecular flexibility index (Phi) is 20.3. The van der Waals surface area contributed by atoms with Crippen LogP contribution in [-0.2, 0) is 0 Å². The van der Waals surface area contributed by atoms with E-state index in [1.54, 1.807) is 0 Å². The summed E-state index contributed by atoms with van der Waals surface area (Å²) in [5, 5.41) is 0. The third-order valence-corrected chi connectivity index (χ3v) is 5.17. The first-order chi connectivity index (χ1) is 14.0. The summed E-state index contributed by atoms with van der Waals surface area (Å²) in [4.78, 5) is 2.35. The molecular formula is C28H51N. The Morgan fingerprint density at radius 3 is 2.10 bits per heavy atom. The minimum Gasteiger partial charge on any atom is -0.374 e. The summed E-state index contributed by atoms with van der Waals surface area (Å²) in [6.45, 7) is 23.6. The Morgan fingerprint density at radius 1 is 1.07 bits per heavy atom. The molecule has 0 spiro atoms. The van der Waals surface area contributed by atoms with Crippen LogP contribution < -0.4 is 0 Å². The molecule has 1 nitrogen and oxygen atoms in total. The number of rotatable bonds is 7. The van der Waals surface area contributed by atoms with Crippen molar-refractivity contribution < 1.29 is 0 Å². The van der Waals surface area contributed by atoms with Gasteiger partial charge >= 0.3 is 0 Å². The number of hydrogen-bond acceptors (Lipinski definition) is 1. The lowest BCUT2D eigenvalue weighted by Crippen LogP contribution is -2.25. The van der Waals surface area contributed by atoms with E-state index in [1.165, 1.54) is 73.8 Å². The molecule has 0 amide bonds. The zero-order chi connectivity index (χ0) is 22.7. The summed E-state index contributed by atoms with van der Waals surface area (Å²) >= 11 is 0. The highest BCUT2D eigenvalue weighted by molar-refractivity contribution is 5.65. The summed E-state index contributed by atoms with van der Waals surface area (Å²) in [5.41, 5.74) is 5.12. The number of nitrogens with zero attached hydrogens (tertiary/aromatic N) is 1. The monoisotopic (exact) mass is 401 g/mol. The average molecular weight is 402 g/mol. The molecule has 0 N–H and O–H groups in total. The number of hydrogen-bond donors (Lipinski definition) is 0. The fourth-order valence-electron chi connectivity index (χ4n) is 3.56. The highest BCUT2D eigenvalue weighted by Crippen LogP contribution is 2.27. The van der Waals surface area contributed by atoms with Crippen LogP contribution in [0.2, 0.25) is 0 Å². The number of unbranched alkanes of at least 4 members (excludes halogenated alkanes) is 2. The van der Waals surface area contributed by atoms with Gasteiger partial charge in [0.15, 0.2) is 0 Å². The molecular weight excluding hydrogens is 350 g/mol. The van der Waals surface area contributed by atoms with E-state index < -0.39 is 0 Å². The van der Waals surface area contributed by atoms with Gasteiger partial charge in [-0.2, -0.15) is 0 Å². The van der Waals surface area contributed by atoms with Gasteiger partial charge in [0.25, 0.3) is 0 Å². The van der Waals surface area contributed by atoms with Crippen molar-refractivity contribution in [3.63, 3.8) is 0 Å². The van der Waals surface area contributed by atoms with E-state index in [2.05, 4.69) is 64.1 Å². The predicted octanol–water partition coefficient (Wildman–Crippen LogP) is 9.20. The molecule has 2 rings (SSSR count). The third-order valence-electron chi connectivity index (χ3n) is 5.17. The summed E-state index contributed by atoms with van der Waals surface area (Å²) in [5.74, 6) is 0.862. The molecule has 168 valence electrons. The maximum absolute atomic E-state index is 4.31. The van der Waals surface area contributed by atoms with Crippen molar-refractivity contribution in [2.45, 2.75) is 99.8 Å². The first-order valence-electron chi connectivity index (χ1n) is 12.1. The molecule has 0 unspecified atom stereocenters. The lowest BCUT2D eigenvalue weighted by Gasteiger charge is -2.30. The van der Waals surface area contributed by atoms with E-state index >= 15 is 0 Å². The molecule has 1 aromatic rings. The Hall–Kier alpha value is -1.50. The molecule has 1 aromatic carbocycles. The van der Waals surface area contributed by atoms with Crippen LogP contribution in [0.3, 0.4) is 0 Å². The zero-order valence-corrected chi connectivity index (χ0v) is 21.1. The standard InChI is InChI=1S/C18H27N.C6H12.2C2H6/c1-14-10-11-18(15(2)12-14)16(3)19(4)13-17-8-6-5-7-9-17;1-3-5-6-4-2;2*1-2/h10-12,17H,3,5-9,13H2,1-2,4H3;3H,1,4-6H2,2H3;2*1-2H3. The zero-order valence-electron chi connectivity index (χ0n) is 21.1. The van der Waals surface area contributed by atoms with Crippen LogP contribution in [0.1, 0.15) is 103 Å². The van der Waals surface area contributed by atoms with Crippen LogP contribution in [-0.4, -0.2) is 18.5 Å². The fraction of sp³-hybridized carbons (Fsp3) is 0.643. The maximum Gasteiger partial charge on any atom is 0.0366 e. The third kappa shape index (κ3) is 13.4. The minimum atomic E-state index is 0.862. The SMILES string of the molecule is C=C(c1ccc(C)cc1C)N(C)CC1CCCCC1.C=CCCCC.CC.CC.